The SMILES string of the molecule is CCNCc1cnn(-c2cccc(C)c2)c1C(F)F. The van der Waals surface area contributed by atoms with Crippen molar-refractivity contribution in [1.29, 1.82) is 0 Å². The second kappa shape index (κ2) is 5.93. The molecule has 1 N–H and O–H groups in total. The number of nitrogens with zero attached hydrogens (tertiary/aromatic N) is 2. The fourth-order valence-electron chi connectivity index (χ4n) is 1.99. The van der Waals surface area contributed by atoms with Crippen molar-refractivity contribution in [3.8, 4) is 5.69 Å². The maximum atomic E-state index is 13.2. The van der Waals surface area contributed by atoms with E-state index < -0.39 is 6.43 Å². The predicted molar refractivity (Wildman–Crippen MR) is 70.6 cm³/mol. The highest BCUT2D eigenvalue weighted by atomic mass is 19.3. The lowest BCUT2D eigenvalue weighted by molar-refractivity contribution is 0.141. The van der Waals surface area contributed by atoms with E-state index in [2.05, 4.69) is 10.4 Å². The van der Waals surface area contributed by atoms with Crippen LogP contribution < -0.4 is 5.32 Å². The molecule has 0 aliphatic heterocycles. The van der Waals surface area contributed by atoms with Crippen molar-refractivity contribution in [3.63, 3.8) is 0 Å². The molecular formula is C14H17F2N3. The molecule has 5 heteroatoms. The van der Waals surface area contributed by atoms with E-state index in [0.717, 1.165) is 12.1 Å². The molecule has 0 aliphatic rings. The summed E-state index contributed by atoms with van der Waals surface area (Å²) in [6.45, 7) is 5.00. The van der Waals surface area contributed by atoms with Crippen molar-refractivity contribution in [3.05, 3.63) is 47.3 Å². The molecule has 0 saturated carbocycles. The number of nitrogens with one attached hydrogen (secondary N) is 1. The Kier molecular flexibility index (Phi) is 4.27. The third kappa shape index (κ3) is 2.98. The van der Waals surface area contributed by atoms with E-state index in [-0.39, 0.29) is 5.69 Å². The highest BCUT2D eigenvalue weighted by Crippen LogP contribution is 2.26. The van der Waals surface area contributed by atoms with Gasteiger partial charge >= 0.3 is 0 Å². The van der Waals surface area contributed by atoms with Gasteiger partial charge in [0.15, 0.2) is 0 Å². The highest BCUT2D eigenvalue weighted by molar-refractivity contribution is 5.38. The van der Waals surface area contributed by atoms with Crippen LogP contribution in [0.5, 0.6) is 0 Å². The van der Waals surface area contributed by atoms with Gasteiger partial charge in [0.05, 0.1) is 11.9 Å². The first-order valence-electron chi connectivity index (χ1n) is 6.26. The van der Waals surface area contributed by atoms with Crippen molar-refractivity contribution in [2.45, 2.75) is 26.8 Å². The van der Waals surface area contributed by atoms with Gasteiger partial charge in [-0.05, 0) is 31.2 Å². The fraction of sp³-hybridized carbons (Fsp3) is 0.357. The Morgan fingerprint density at radius 2 is 2.16 bits per heavy atom. The highest BCUT2D eigenvalue weighted by Gasteiger charge is 2.20. The third-order valence-electron chi connectivity index (χ3n) is 2.90. The van der Waals surface area contributed by atoms with Crippen LogP contribution in [0.4, 0.5) is 8.78 Å². The molecule has 1 heterocycles. The monoisotopic (exact) mass is 265 g/mol. The predicted octanol–water partition coefficient (Wildman–Crippen LogP) is 3.23. The van der Waals surface area contributed by atoms with Crippen LogP contribution in [-0.4, -0.2) is 16.3 Å². The summed E-state index contributed by atoms with van der Waals surface area (Å²) in [7, 11) is 0. The molecule has 0 radical (unpaired) electrons. The molecule has 1 aromatic carbocycles. The van der Waals surface area contributed by atoms with Crippen LogP contribution in [0.25, 0.3) is 5.69 Å². The summed E-state index contributed by atoms with van der Waals surface area (Å²) in [6.07, 6.45) is -1.04. The van der Waals surface area contributed by atoms with Gasteiger partial charge < -0.3 is 5.32 Å². The van der Waals surface area contributed by atoms with E-state index in [9.17, 15) is 8.78 Å². The summed E-state index contributed by atoms with van der Waals surface area (Å²) >= 11 is 0. The Labute approximate surface area is 111 Å². The number of rotatable bonds is 5. The van der Waals surface area contributed by atoms with Crippen molar-refractivity contribution in [2.75, 3.05) is 6.54 Å². The van der Waals surface area contributed by atoms with Crippen LogP contribution in [0.3, 0.4) is 0 Å². The molecular weight excluding hydrogens is 248 g/mol. The second-order valence-electron chi connectivity index (χ2n) is 4.39. The van der Waals surface area contributed by atoms with Crippen LogP contribution in [0, 0.1) is 6.92 Å². The molecule has 1 aromatic heterocycles. The number of halogens is 2. The molecule has 0 spiro atoms. The summed E-state index contributed by atoms with van der Waals surface area (Å²) in [5.41, 5.74) is 2.18. The molecule has 0 bridgehead atoms. The van der Waals surface area contributed by atoms with Crippen LogP contribution >= 0.6 is 0 Å². The first-order valence-corrected chi connectivity index (χ1v) is 6.26. The summed E-state index contributed by atoms with van der Waals surface area (Å²) in [6, 6.07) is 7.39. The van der Waals surface area contributed by atoms with Gasteiger partial charge in [-0.15, -0.1) is 0 Å². The van der Waals surface area contributed by atoms with Gasteiger partial charge in [-0.25, -0.2) is 13.5 Å². The van der Waals surface area contributed by atoms with E-state index in [1.807, 2.05) is 32.0 Å². The second-order valence-corrected chi connectivity index (χ2v) is 4.39. The molecule has 3 nitrogen and oxygen atoms in total. The average Bonchev–Trinajstić information content (AvgIpc) is 2.80. The van der Waals surface area contributed by atoms with Crippen LogP contribution in [0.15, 0.2) is 30.5 Å². The largest absolute Gasteiger partial charge is 0.313 e. The molecule has 0 fully saturated rings. The van der Waals surface area contributed by atoms with Crippen LogP contribution in [0.2, 0.25) is 0 Å². The van der Waals surface area contributed by atoms with E-state index in [1.54, 1.807) is 6.07 Å². The summed E-state index contributed by atoms with van der Waals surface area (Å²) in [5.74, 6) is 0. The van der Waals surface area contributed by atoms with Gasteiger partial charge in [-0.2, -0.15) is 5.10 Å². The summed E-state index contributed by atoms with van der Waals surface area (Å²) in [5, 5.41) is 7.15. The topological polar surface area (TPSA) is 29.9 Å². The molecule has 0 unspecified atom stereocenters. The van der Waals surface area contributed by atoms with Crippen molar-refractivity contribution in [1.82, 2.24) is 15.1 Å². The molecule has 0 saturated heterocycles. The first-order chi connectivity index (χ1) is 9.13. The van der Waals surface area contributed by atoms with Gasteiger partial charge in [-0.3, -0.25) is 0 Å². The zero-order valence-corrected chi connectivity index (χ0v) is 11.0. The molecule has 0 atom stereocenters. The van der Waals surface area contributed by atoms with Crippen molar-refractivity contribution < 1.29 is 8.78 Å². The number of aryl methyl sites for hydroxylation is 1. The third-order valence-corrected chi connectivity index (χ3v) is 2.90. The number of hydrogen-bond acceptors (Lipinski definition) is 2. The zero-order valence-electron chi connectivity index (χ0n) is 11.0. The maximum Gasteiger partial charge on any atom is 0.280 e. The Morgan fingerprint density at radius 1 is 1.37 bits per heavy atom. The number of aromatic nitrogens is 2. The van der Waals surface area contributed by atoms with Crippen molar-refractivity contribution in [2.24, 2.45) is 0 Å². The minimum Gasteiger partial charge on any atom is -0.313 e. The average molecular weight is 265 g/mol. The Bertz CT molecular complexity index is 549. The van der Waals surface area contributed by atoms with Gasteiger partial charge in [0.1, 0.15) is 5.69 Å². The normalized spacial score (nSPS) is 11.2. The van der Waals surface area contributed by atoms with Crippen LogP contribution in [0.1, 0.15) is 30.2 Å². The van der Waals surface area contributed by atoms with Gasteiger partial charge in [0, 0.05) is 12.1 Å². The lowest BCUT2D eigenvalue weighted by atomic mass is 10.2. The van der Waals surface area contributed by atoms with Crippen LogP contribution in [-0.2, 0) is 6.54 Å². The van der Waals surface area contributed by atoms with Gasteiger partial charge in [0.2, 0.25) is 0 Å². The quantitative estimate of drug-likeness (QED) is 0.899. The maximum absolute atomic E-state index is 13.2. The molecule has 2 rings (SSSR count). The molecule has 19 heavy (non-hydrogen) atoms. The number of benzene rings is 1. The standard InChI is InChI=1S/C14H17F2N3/c1-3-17-8-11-9-18-19(13(11)14(15)16)12-6-4-5-10(2)7-12/h4-7,9,14,17H,3,8H2,1-2H3. The van der Waals surface area contributed by atoms with E-state index >= 15 is 0 Å². The van der Waals surface area contributed by atoms with E-state index in [0.29, 0.717) is 17.8 Å². The number of hydrogen-bond donors (Lipinski definition) is 1. The lowest BCUT2D eigenvalue weighted by Gasteiger charge is -2.09. The molecule has 102 valence electrons. The van der Waals surface area contributed by atoms with E-state index in [4.69, 9.17) is 0 Å². The zero-order chi connectivity index (χ0) is 13.8. The molecule has 0 amide bonds. The first kappa shape index (κ1) is 13.7. The Hall–Kier alpha value is -1.75. The minimum absolute atomic E-state index is 0.0356. The van der Waals surface area contributed by atoms with Gasteiger partial charge in [-0.1, -0.05) is 19.1 Å². The molecule has 2 aromatic rings. The van der Waals surface area contributed by atoms with E-state index in [1.165, 1.54) is 10.9 Å². The molecule has 0 aliphatic carbocycles. The smallest absolute Gasteiger partial charge is 0.280 e. The Morgan fingerprint density at radius 3 is 2.79 bits per heavy atom. The minimum atomic E-state index is -2.54. The Balaban J connectivity index is 2.43. The fourth-order valence-corrected chi connectivity index (χ4v) is 1.99. The number of alkyl halides is 2. The van der Waals surface area contributed by atoms with Gasteiger partial charge in [0.25, 0.3) is 6.43 Å². The lowest BCUT2D eigenvalue weighted by Crippen LogP contribution is -2.13. The summed E-state index contributed by atoms with van der Waals surface area (Å²) < 4.78 is 27.8. The van der Waals surface area contributed by atoms with Crippen molar-refractivity contribution >= 4 is 0 Å². The summed E-state index contributed by atoms with van der Waals surface area (Å²) in [4.78, 5) is 0.